The zero-order valence-corrected chi connectivity index (χ0v) is 16.6. The van der Waals surface area contributed by atoms with Gasteiger partial charge in [0.25, 0.3) is 0 Å². The van der Waals surface area contributed by atoms with Crippen LogP contribution < -0.4 is 0 Å². The Hall–Kier alpha value is -1.55. The number of nitrogens with zero attached hydrogens (tertiary/aromatic N) is 1. The molecule has 1 aromatic heterocycles. The number of sulfonamides is 1. The molecular formula is C17H19NO5S3. The maximum Gasteiger partial charge on any atom is 0.243 e. The van der Waals surface area contributed by atoms with Crippen molar-refractivity contribution in [2.45, 2.75) is 23.5 Å². The summed E-state index contributed by atoms with van der Waals surface area (Å²) in [5.41, 5.74) is 0.310. The van der Waals surface area contributed by atoms with Crippen LogP contribution in [0.25, 0.3) is 0 Å². The molecule has 0 aliphatic carbocycles. The second kappa shape index (κ2) is 7.22. The molecule has 1 unspecified atom stereocenters. The molecular weight excluding hydrogens is 394 g/mol. The lowest BCUT2D eigenvalue weighted by Gasteiger charge is -2.19. The third kappa shape index (κ3) is 3.75. The van der Waals surface area contributed by atoms with Crippen LogP contribution in [-0.4, -0.2) is 45.8 Å². The highest BCUT2D eigenvalue weighted by Gasteiger charge is 2.36. The van der Waals surface area contributed by atoms with Gasteiger partial charge in [0.15, 0.2) is 15.6 Å². The first-order valence-electron chi connectivity index (χ1n) is 8.08. The summed E-state index contributed by atoms with van der Waals surface area (Å²) in [4.78, 5) is 12.3. The Morgan fingerprint density at radius 3 is 2.62 bits per heavy atom. The van der Waals surface area contributed by atoms with Crippen LogP contribution in [0.2, 0.25) is 0 Å². The summed E-state index contributed by atoms with van der Waals surface area (Å²) in [6.45, 7) is 1.40. The largest absolute Gasteiger partial charge is 0.295 e. The van der Waals surface area contributed by atoms with Crippen LogP contribution in [-0.2, 0) is 19.9 Å². The van der Waals surface area contributed by atoms with E-state index in [9.17, 15) is 21.6 Å². The average molecular weight is 414 g/mol. The Labute approximate surface area is 157 Å². The molecule has 3 rings (SSSR count). The van der Waals surface area contributed by atoms with E-state index in [4.69, 9.17) is 0 Å². The third-order valence-corrected chi connectivity index (χ3v) is 9.58. The fourth-order valence-corrected chi connectivity index (χ4v) is 7.60. The Morgan fingerprint density at radius 1 is 1.19 bits per heavy atom. The van der Waals surface area contributed by atoms with Crippen molar-refractivity contribution in [1.29, 1.82) is 0 Å². The quantitative estimate of drug-likeness (QED) is 0.719. The van der Waals surface area contributed by atoms with Gasteiger partial charge in [-0.2, -0.15) is 4.31 Å². The van der Waals surface area contributed by atoms with E-state index in [2.05, 4.69) is 0 Å². The van der Waals surface area contributed by atoms with Gasteiger partial charge in [0.05, 0.1) is 15.9 Å². The standard InChI is InChI=1S/C17H19NO5S3/c1-13(19)14-4-2-5-15(12-14)26(22,23)18-8-7-17(16-6-3-10-24-16)25(20,21)11-9-18/h2-6,10,12,17H,7-9,11H2,1H3. The van der Waals surface area contributed by atoms with Gasteiger partial charge in [-0.1, -0.05) is 18.2 Å². The highest BCUT2D eigenvalue weighted by atomic mass is 32.2. The monoisotopic (exact) mass is 413 g/mol. The zero-order valence-electron chi connectivity index (χ0n) is 14.2. The maximum absolute atomic E-state index is 12.9. The number of rotatable bonds is 4. The Morgan fingerprint density at radius 2 is 1.96 bits per heavy atom. The number of sulfone groups is 1. The molecule has 0 saturated carbocycles. The van der Waals surface area contributed by atoms with Crippen LogP contribution in [0.15, 0.2) is 46.7 Å². The summed E-state index contributed by atoms with van der Waals surface area (Å²) in [5, 5.41) is 1.14. The Bertz CT molecular complexity index is 1010. The SMILES string of the molecule is CC(=O)c1cccc(S(=O)(=O)N2CCC(c3cccs3)S(=O)(=O)CC2)c1. The minimum absolute atomic E-state index is 0.0113. The highest BCUT2D eigenvalue weighted by Crippen LogP contribution is 2.33. The molecule has 1 atom stereocenters. The predicted octanol–water partition coefficient (Wildman–Crippen LogP) is 2.50. The second-order valence-corrected chi connectivity index (χ2v) is 11.4. The van der Waals surface area contributed by atoms with Crippen LogP contribution >= 0.6 is 11.3 Å². The van der Waals surface area contributed by atoms with E-state index < -0.39 is 25.1 Å². The normalized spacial score (nSPS) is 21.2. The molecule has 2 heterocycles. The number of benzene rings is 1. The average Bonchev–Trinajstić information content (AvgIpc) is 3.06. The summed E-state index contributed by atoms with van der Waals surface area (Å²) < 4.78 is 52.3. The van der Waals surface area contributed by atoms with Gasteiger partial charge in [0.2, 0.25) is 10.0 Å². The van der Waals surface area contributed by atoms with E-state index in [-0.39, 0.29) is 35.9 Å². The third-order valence-electron chi connectivity index (χ3n) is 4.44. The molecule has 6 nitrogen and oxygen atoms in total. The molecule has 1 aliphatic heterocycles. The first kappa shape index (κ1) is 19.2. The van der Waals surface area contributed by atoms with Gasteiger partial charge < -0.3 is 0 Å². The molecule has 1 aromatic carbocycles. The van der Waals surface area contributed by atoms with Crippen molar-refractivity contribution in [3.8, 4) is 0 Å². The van der Waals surface area contributed by atoms with Gasteiger partial charge in [-0.05, 0) is 36.9 Å². The number of hydrogen-bond acceptors (Lipinski definition) is 6. The number of carbonyl (C=O) groups is 1. The Balaban J connectivity index is 1.91. The molecule has 1 saturated heterocycles. The van der Waals surface area contributed by atoms with Gasteiger partial charge in [-0.3, -0.25) is 4.79 Å². The lowest BCUT2D eigenvalue weighted by molar-refractivity contribution is 0.101. The van der Waals surface area contributed by atoms with Crippen molar-refractivity contribution < 1.29 is 21.6 Å². The first-order valence-corrected chi connectivity index (χ1v) is 12.1. The summed E-state index contributed by atoms with van der Waals surface area (Å²) >= 11 is 1.37. The molecule has 0 N–H and O–H groups in total. The van der Waals surface area contributed by atoms with E-state index in [0.717, 1.165) is 4.88 Å². The lowest BCUT2D eigenvalue weighted by atomic mass is 10.2. The lowest BCUT2D eigenvalue weighted by Crippen LogP contribution is -2.33. The number of thiophene rings is 1. The first-order chi connectivity index (χ1) is 12.2. The molecule has 0 bridgehead atoms. The van der Waals surface area contributed by atoms with Crippen molar-refractivity contribution in [2.24, 2.45) is 0 Å². The summed E-state index contributed by atoms with van der Waals surface area (Å²) in [5.74, 6) is -0.445. The molecule has 0 radical (unpaired) electrons. The van der Waals surface area contributed by atoms with Crippen LogP contribution in [0.5, 0.6) is 0 Å². The van der Waals surface area contributed by atoms with Crippen LogP contribution in [0.4, 0.5) is 0 Å². The van der Waals surface area contributed by atoms with Gasteiger partial charge in [-0.25, -0.2) is 16.8 Å². The van der Waals surface area contributed by atoms with Gasteiger partial charge in [0.1, 0.15) is 0 Å². The van der Waals surface area contributed by atoms with Crippen molar-refractivity contribution in [1.82, 2.24) is 4.31 Å². The molecule has 26 heavy (non-hydrogen) atoms. The van der Waals surface area contributed by atoms with Gasteiger partial charge in [-0.15, -0.1) is 11.3 Å². The molecule has 0 amide bonds. The van der Waals surface area contributed by atoms with Crippen molar-refractivity contribution in [3.05, 3.63) is 52.2 Å². The number of hydrogen-bond donors (Lipinski definition) is 0. The molecule has 0 spiro atoms. The summed E-state index contributed by atoms with van der Waals surface area (Å²) in [6, 6.07) is 9.41. The highest BCUT2D eigenvalue weighted by molar-refractivity contribution is 7.92. The van der Waals surface area contributed by atoms with Gasteiger partial charge in [0, 0.05) is 23.5 Å². The van der Waals surface area contributed by atoms with E-state index in [1.807, 2.05) is 5.38 Å². The predicted molar refractivity (Wildman–Crippen MR) is 101 cm³/mol. The van der Waals surface area contributed by atoms with E-state index in [0.29, 0.717) is 5.56 Å². The van der Waals surface area contributed by atoms with E-state index in [1.165, 1.54) is 40.8 Å². The molecule has 1 fully saturated rings. The minimum Gasteiger partial charge on any atom is -0.295 e. The smallest absolute Gasteiger partial charge is 0.243 e. The number of Topliss-reactive ketones (excluding diaryl/α,β-unsaturated/α-hetero) is 1. The van der Waals surface area contributed by atoms with Crippen molar-refractivity contribution >= 4 is 37.0 Å². The second-order valence-electron chi connectivity index (χ2n) is 6.15. The van der Waals surface area contributed by atoms with E-state index in [1.54, 1.807) is 18.2 Å². The van der Waals surface area contributed by atoms with E-state index >= 15 is 0 Å². The molecule has 9 heteroatoms. The zero-order chi connectivity index (χ0) is 18.9. The Kier molecular flexibility index (Phi) is 5.34. The molecule has 140 valence electrons. The topological polar surface area (TPSA) is 88.6 Å². The number of ketones is 1. The maximum atomic E-state index is 12.9. The summed E-state index contributed by atoms with van der Waals surface area (Å²) in [7, 11) is -7.29. The number of carbonyl (C=O) groups excluding carboxylic acids is 1. The summed E-state index contributed by atoms with van der Waals surface area (Å²) in [6.07, 6.45) is 0.217. The fourth-order valence-electron chi connectivity index (χ4n) is 2.98. The molecule has 1 aliphatic rings. The van der Waals surface area contributed by atoms with Crippen LogP contribution in [0.3, 0.4) is 0 Å². The fraction of sp³-hybridized carbons (Fsp3) is 0.353. The van der Waals surface area contributed by atoms with Crippen molar-refractivity contribution in [3.63, 3.8) is 0 Å². The van der Waals surface area contributed by atoms with Crippen molar-refractivity contribution in [2.75, 3.05) is 18.8 Å². The van der Waals surface area contributed by atoms with Gasteiger partial charge >= 0.3 is 0 Å². The minimum atomic E-state index is -3.86. The van der Waals surface area contributed by atoms with Crippen LogP contribution in [0.1, 0.15) is 33.8 Å². The van der Waals surface area contributed by atoms with Crippen LogP contribution in [0, 0.1) is 0 Å². The molecule has 2 aromatic rings.